The number of hydrogen-bond acceptors (Lipinski definition) is 21. The van der Waals surface area contributed by atoms with Gasteiger partial charge in [0.15, 0.2) is 46.0 Å². The summed E-state index contributed by atoms with van der Waals surface area (Å²) in [5, 5.41) is 18.7. The third-order valence-electron chi connectivity index (χ3n) is 19.5. The van der Waals surface area contributed by atoms with Gasteiger partial charge in [-0.1, -0.05) is 46.4 Å². The highest BCUT2D eigenvalue weighted by atomic mass is 35.5. The van der Waals surface area contributed by atoms with Crippen molar-refractivity contribution in [2.45, 2.75) is 0 Å². The lowest BCUT2D eigenvalue weighted by Crippen LogP contribution is -2.12. The molecule has 0 fully saturated rings. The zero-order chi connectivity index (χ0) is 90.3. The largest absolute Gasteiger partial charge is 0.493 e. The molecule has 0 unspecified atom stereocenters. The number of carbonyl (C=O) groups is 6. The molecule has 12 aromatic carbocycles. The number of nitrogens with one attached hydrogen (secondary N) is 9. The van der Waals surface area contributed by atoms with E-state index >= 15 is 0 Å². The number of benzene rings is 12. The van der Waals surface area contributed by atoms with E-state index in [1.165, 1.54) is 91.4 Å². The van der Waals surface area contributed by atoms with E-state index in [-0.39, 0.29) is 40.5 Å². The number of nitrogens with zero attached hydrogens (tertiary/aromatic N) is 3. The molecular weight excluding hydrogens is 1710 g/mol. The van der Waals surface area contributed by atoms with E-state index in [1.54, 1.807) is 158 Å². The van der Waals surface area contributed by atoms with Crippen LogP contribution in [0.3, 0.4) is 0 Å². The van der Waals surface area contributed by atoms with Gasteiger partial charge in [0.05, 0.1) is 129 Å². The molecule has 9 N–H and O–H groups in total. The number of aromatic nitrogens is 6. The molecule has 0 aliphatic heterocycles. The molecule has 0 aliphatic carbocycles. The summed E-state index contributed by atoms with van der Waals surface area (Å²) in [6.45, 7) is 0. The predicted molar refractivity (Wildman–Crippen MR) is 490 cm³/mol. The maximum atomic E-state index is 13.1. The highest BCUT2D eigenvalue weighted by molar-refractivity contribution is 6.37. The fourth-order valence-electron chi connectivity index (χ4n) is 13.2. The molecule has 648 valence electrons. The highest BCUT2D eigenvalue weighted by Crippen LogP contribution is 2.43. The number of amides is 6. The summed E-state index contributed by atoms with van der Waals surface area (Å²) < 4.78 is 64.1. The summed E-state index contributed by atoms with van der Waals surface area (Å²) in [7, 11) is 17.9. The van der Waals surface area contributed by atoms with E-state index in [2.05, 4.69) is 56.8 Å². The second-order valence-electron chi connectivity index (χ2n) is 27.3. The third kappa shape index (κ3) is 20.8. The molecule has 0 bridgehead atoms. The Kier molecular flexibility index (Phi) is 28.4. The third-order valence-corrected chi connectivity index (χ3v) is 20.5. The summed E-state index contributed by atoms with van der Waals surface area (Å²) in [6, 6.07) is 59.9. The number of methoxy groups -OCH3 is 12. The van der Waals surface area contributed by atoms with Crippen molar-refractivity contribution in [3.05, 3.63) is 266 Å². The number of ether oxygens (including phenoxy) is 12. The first-order chi connectivity index (χ1) is 61.4. The highest BCUT2D eigenvalue weighted by Gasteiger charge is 2.25. The summed E-state index contributed by atoms with van der Waals surface area (Å²) in [6.07, 6.45) is 0. The van der Waals surface area contributed by atoms with Crippen LogP contribution in [0.25, 0.3) is 67.3 Å². The van der Waals surface area contributed by atoms with Crippen LogP contribution in [0.5, 0.6) is 69.0 Å². The first-order valence-electron chi connectivity index (χ1n) is 38.2. The maximum absolute atomic E-state index is 13.1. The van der Waals surface area contributed by atoms with Crippen LogP contribution in [0, 0.1) is 0 Å². The molecule has 15 aromatic rings. The SMILES string of the molecule is COc1cc(C(=O)Nc2ccc(-c3nc4cc(NC(=O)c5cc(OC)c(OC)c(OC)c5)ccc4[nH]3)cc2)cc(OC)c1OC.COc1cc(C(=O)Nc2ccc(-c3nc4ccc(NC(=O)c5cc(Cl)cc(Cl)c5)cc4[nH]3)cc2)cc(OC)c1OC.COc1cc(C(=O)Nc2ccc(-c3nc4ccc(NC(=O)c5ccc(Cl)cc5Cl)cc4[nH]3)cc2)cc(OC)c1OC. The number of carbonyl (C=O) groups excluding carboxylic acids is 6. The molecule has 30 nitrogen and oxygen atoms in total. The van der Waals surface area contributed by atoms with Crippen molar-refractivity contribution >= 4 is 149 Å². The Hall–Kier alpha value is -15.4. The summed E-state index contributed by atoms with van der Waals surface area (Å²) in [5.41, 5.74) is 12.3. The molecule has 34 heteroatoms. The predicted octanol–water partition coefficient (Wildman–Crippen LogP) is 19.9. The van der Waals surface area contributed by atoms with Crippen LogP contribution in [0.15, 0.2) is 212 Å². The number of imidazole rings is 3. The average molecular weight is 1800 g/mol. The van der Waals surface area contributed by atoms with Gasteiger partial charge in [-0.15, -0.1) is 0 Å². The van der Waals surface area contributed by atoms with E-state index in [1.807, 2.05) is 48.5 Å². The maximum Gasteiger partial charge on any atom is 0.257 e. The smallest absolute Gasteiger partial charge is 0.257 e. The van der Waals surface area contributed by atoms with E-state index in [9.17, 15) is 28.8 Å². The molecule has 0 saturated carbocycles. The molecule has 15 rings (SSSR count). The topological polar surface area (TPSA) is 371 Å². The van der Waals surface area contributed by atoms with Gasteiger partial charge in [0.1, 0.15) is 17.5 Å². The Labute approximate surface area is 746 Å². The minimum atomic E-state index is -0.353. The van der Waals surface area contributed by atoms with Gasteiger partial charge in [-0.25, -0.2) is 15.0 Å². The average Bonchev–Trinajstić information content (AvgIpc) is 1.04. The lowest BCUT2D eigenvalue weighted by molar-refractivity contribution is 0.101. The second-order valence-corrected chi connectivity index (χ2v) is 29.1. The molecule has 6 amide bonds. The summed E-state index contributed by atoms with van der Waals surface area (Å²) in [5.74, 6) is 4.49. The fraction of sp³-hybridized carbons (Fsp3) is 0.129. The minimum absolute atomic E-state index is 0.267. The molecule has 0 atom stereocenters. The minimum Gasteiger partial charge on any atom is -0.493 e. The van der Waals surface area contributed by atoms with Crippen molar-refractivity contribution in [3.8, 4) is 103 Å². The Morgan fingerprint density at radius 3 is 0.819 bits per heavy atom. The van der Waals surface area contributed by atoms with Crippen LogP contribution in [-0.4, -0.2) is 151 Å². The number of halogens is 4. The number of fused-ring (bicyclic) bond motifs is 3. The van der Waals surface area contributed by atoms with Crippen molar-refractivity contribution in [1.82, 2.24) is 29.9 Å². The Morgan fingerprint density at radius 2 is 0.512 bits per heavy atom. The van der Waals surface area contributed by atoms with Gasteiger partial charge in [0, 0.05) is 93.7 Å². The quantitative estimate of drug-likeness (QED) is 0.0231. The number of aromatic amines is 3. The molecule has 0 saturated heterocycles. The van der Waals surface area contributed by atoms with Crippen LogP contribution in [0.2, 0.25) is 20.1 Å². The van der Waals surface area contributed by atoms with Crippen molar-refractivity contribution in [3.63, 3.8) is 0 Å². The van der Waals surface area contributed by atoms with Crippen LogP contribution in [0.1, 0.15) is 62.1 Å². The molecule has 3 heterocycles. The van der Waals surface area contributed by atoms with Gasteiger partial charge >= 0.3 is 0 Å². The zero-order valence-corrected chi connectivity index (χ0v) is 72.9. The second kappa shape index (κ2) is 40.3. The van der Waals surface area contributed by atoms with E-state index in [0.717, 1.165) is 44.3 Å². The number of anilines is 6. The lowest BCUT2D eigenvalue weighted by Gasteiger charge is -2.14. The Bertz CT molecular complexity index is 6550. The van der Waals surface area contributed by atoms with Crippen LogP contribution in [-0.2, 0) is 0 Å². The first-order valence-corrected chi connectivity index (χ1v) is 39.7. The van der Waals surface area contributed by atoms with Gasteiger partial charge in [0.25, 0.3) is 35.4 Å². The molecule has 0 radical (unpaired) electrons. The number of rotatable bonds is 27. The van der Waals surface area contributed by atoms with Gasteiger partial charge in [0.2, 0.25) is 23.0 Å². The van der Waals surface area contributed by atoms with Gasteiger partial charge in [-0.3, -0.25) is 28.8 Å². The molecule has 3 aromatic heterocycles. The summed E-state index contributed by atoms with van der Waals surface area (Å²) in [4.78, 5) is 101. The normalized spacial score (nSPS) is 10.7. The van der Waals surface area contributed by atoms with Crippen LogP contribution >= 0.6 is 46.4 Å². The molecule has 127 heavy (non-hydrogen) atoms. The van der Waals surface area contributed by atoms with Crippen molar-refractivity contribution in [2.75, 3.05) is 117 Å². The fourth-order valence-corrected chi connectivity index (χ4v) is 14.2. The number of hydrogen-bond donors (Lipinski definition) is 9. The van der Waals surface area contributed by atoms with Crippen molar-refractivity contribution in [1.29, 1.82) is 0 Å². The van der Waals surface area contributed by atoms with Crippen molar-refractivity contribution < 1.29 is 85.6 Å². The Morgan fingerprint density at radius 1 is 0.244 bits per heavy atom. The van der Waals surface area contributed by atoms with Gasteiger partial charge in [-0.05, 0) is 212 Å². The molecule has 0 spiro atoms. The lowest BCUT2D eigenvalue weighted by atomic mass is 10.1. The van der Waals surface area contributed by atoms with Crippen LogP contribution < -0.4 is 88.7 Å². The van der Waals surface area contributed by atoms with Gasteiger partial charge in [-0.2, -0.15) is 0 Å². The van der Waals surface area contributed by atoms with E-state index < -0.39 is 0 Å². The molecular formula is C93H80Cl4N12O18. The molecule has 0 aliphatic rings. The monoisotopic (exact) mass is 1790 g/mol. The Balaban J connectivity index is 0.000000163. The standard InChI is InChI=1S/C33H32N4O8.2C30H24Cl2N4O5/c1-40-25-13-19(14-26(41-2)29(25)44-5)32(38)34-21-9-7-18(8-10-21)31-36-23-12-11-22(17-24(23)37-31)35-33(39)20-15-27(42-3)30(45-6)28(16-20)43-4;1-39-25-12-17(13-26(40-2)27(25)41-3)29(37)33-19-7-4-16(5-8-19)28-35-23-11-9-20(15-24(23)36-28)34-30(38)21-10-6-18(31)14-22(21)32;1-39-25-12-18(13-26(40-2)27(25)41-3)30(38)33-21-6-4-16(5-7-21)28-35-23-9-8-22(15-24(23)36-28)34-29(37)17-10-19(31)14-20(32)11-17/h7-17H,1-6H3,(H,34,38)(H,35,39)(H,36,37);4-15H,1-3H3,(H,33,37)(H,34,38)(H,35,36);4-15H,1-3H3,(H,33,38)(H,34,37)(H,35,36). The van der Waals surface area contributed by atoms with E-state index in [4.69, 9.17) is 108 Å². The van der Waals surface area contributed by atoms with Gasteiger partial charge < -0.3 is 104 Å². The van der Waals surface area contributed by atoms with Crippen LogP contribution in [0.4, 0.5) is 34.1 Å². The van der Waals surface area contributed by atoms with E-state index in [0.29, 0.717) is 175 Å². The first kappa shape index (κ1) is 89.4. The number of H-pyrrole nitrogens is 3. The van der Waals surface area contributed by atoms with Crippen molar-refractivity contribution in [2.24, 2.45) is 0 Å². The summed E-state index contributed by atoms with van der Waals surface area (Å²) >= 11 is 24.1. The zero-order valence-electron chi connectivity index (χ0n) is 69.9.